The largest absolute Gasteiger partial charge is 0.508 e. The van der Waals surface area contributed by atoms with Crippen LogP contribution in [-0.2, 0) is 11.3 Å². The number of phenolic OH excluding ortho intramolecular Hbond substituents is 1. The fraction of sp³-hybridized carbons (Fsp3) is 0.500. The molecular formula is C16H22N4O2S. The van der Waals surface area contributed by atoms with Crippen molar-refractivity contribution in [2.75, 3.05) is 38.6 Å². The van der Waals surface area contributed by atoms with Crippen molar-refractivity contribution in [1.29, 1.82) is 0 Å². The lowest BCUT2D eigenvalue weighted by atomic mass is 10.2. The molecule has 1 aliphatic heterocycles. The summed E-state index contributed by atoms with van der Waals surface area (Å²) in [6.07, 6.45) is 0. The third-order valence-corrected chi connectivity index (χ3v) is 4.85. The van der Waals surface area contributed by atoms with Crippen LogP contribution in [0.3, 0.4) is 0 Å². The Bertz CT molecular complexity index is 624. The molecule has 0 spiro atoms. The first-order chi connectivity index (χ1) is 11.3. The van der Waals surface area contributed by atoms with Gasteiger partial charge in [-0.3, -0.25) is 4.90 Å². The fourth-order valence-corrected chi connectivity index (χ4v) is 3.60. The molecule has 3 rings (SSSR count). The lowest BCUT2D eigenvalue weighted by Crippen LogP contribution is -2.37. The van der Waals surface area contributed by atoms with Crippen LogP contribution < -0.4 is 0 Å². The number of thioether (sulfide) groups is 1. The van der Waals surface area contributed by atoms with Gasteiger partial charge in [0.15, 0.2) is 11.0 Å². The Morgan fingerprint density at radius 1 is 1.17 bits per heavy atom. The van der Waals surface area contributed by atoms with Gasteiger partial charge in [-0.2, -0.15) is 0 Å². The van der Waals surface area contributed by atoms with Crippen LogP contribution in [0.2, 0.25) is 0 Å². The van der Waals surface area contributed by atoms with E-state index in [1.165, 1.54) is 0 Å². The van der Waals surface area contributed by atoms with E-state index in [1.54, 1.807) is 23.9 Å². The van der Waals surface area contributed by atoms with Crippen molar-refractivity contribution in [2.24, 2.45) is 0 Å². The Morgan fingerprint density at radius 2 is 1.91 bits per heavy atom. The first kappa shape index (κ1) is 16.3. The van der Waals surface area contributed by atoms with Gasteiger partial charge in [0, 0.05) is 37.5 Å². The average Bonchev–Trinajstić information content (AvgIpc) is 2.99. The van der Waals surface area contributed by atoms with Gasteiger partial charge in [-0.05, 0) is 31.2 Å². The second-order valence-electron chi connectivity index (χ2n) is 5.40. The highest BCUT2D eigenvalue weighted by molar-refractivity contribution is 7.99. The normalized spacial score (nSPS) is 15.9. The zero-order valence-electron chi connectivity index (χ0n) is 13.3. The monoisotopic (exact) mass is 334 g/mol. The second-order valence-corrected chi connectivity index (χ2v) is 6.46. The lowest BCUT2D eigenvalue weighted by molar-refractivity contribution is 0.0410. The Hall–Kier alpha value is -1.57. The SMILES string of the molecule is CCn1c(SCCN2CCOCC2)nnc1-c1ccc(O)cc1. The first-order valence-corrected chi connectivity index (χ1v) is 8.92. The fourth-order valence-electron chi connectivity index (χ4n) is 2.60. The molecule has 1 aliphatic rings. The molecule has 1 N–H and O–H groups in total. The maximum absolute atomic E-state index is 9.41. The quantitative estimate of drug-likeness (QED) is 0.816. The Balaban J connectivity index is 1.64. The van der Waals surface area contributed by atoms with Crippen molar-refractivity contribution in [3.05, 3.63) is 24.3 Å². The van der Waals surface area contributed by atoms with Crippen molar-refractivity contribution in [3.8, 4) is 17.1 Å². The molecule has 7 heteroatoms. The van der Waals surface area contributed by atoms with Gasteiger partial charge in [0.1, 0.15) is 5.75 Å². The van der Waals surface area contributed by atoms with Crippen LogP contribution in [0.25, 0.3) is 11.4 Å². The summed E-state index contributed by atoms with van der Waals surface area (Å²) < 4.78 is 7.49. The summed E-state index contributed by atoms with van der Waals surface area (Å²) in [5, 5.41) is 19.0. The Labute approximate surface area is 140 Å². The van der Waals surface area contributed by atoms with E-state index < -0.39 is 0 Å². The van der Waals surface area contributed by atoms with Gasteiger partial charge < -0.3 is 14.4 Å². The molecule has 1 aromatic carbocycles. The van der Waals surface area contributed by atoms with Gasteiger partial charge in [-0.25, -0.2) is 0 Å². The van der Waals surface area contributed by atoms with Crippen LogP contribution in [0, 0.1) is 0 Å². The highest BCUT2D eigenvalue weighted by Gasteiger charge is 2.14. The molecule has 2 heterocycles. The van der Waals surface area contributed by atoms with E-state index >= 15 is 0 Å². The number of hydrogen-bond acceptors (Lipinski definition) is 6. The van der Waals surface area contributed by atoms with E-state index in [2.05, 4.69) is 26.6 Å². The predicted octanol–water partition coefficient (Wildman–Crippen LogP) is 2.09. The van der Waals surface area contributed by atoms with E-state index in [0.29, 0.717) is 0 Å². The lowest BCUT2D eigenvalue weighted by Gasteiger charge is -2.26. The molecule has 0 bridgehead atoms. The molecule has 0 unspecified atom stereocenters. The van der Waals surface area contributed by atoms with Crippen LogP contribution in [0.5, 0.6) is 5.75 Å². The molecule has 0 amide bonds. The molecular weight excluding hydrogens is 312 g/mol. The van der Waals surface area contributed by atoms with Gasteiger partial charge in [0.2, 0.25) is 0 Å². The molecule has 0 aliphatic carbocycles. The zero-order valence-corrected chi connectivity index (χ0v) is 14.1. The van der Waals surface area contributed by atoms with Gasteiger partial charge in [-0.1, -0.05) is 11.8 Å². The molecule has 1 fully saturated rings. The topological polar surface area (TPSA) is 63.4 Å². The molecule has 0 radical (unpaired) electrons. The van der Waals surface area contributed by atoms with Crippen LogP contribution in [0.15, 0.2) is 29.4 Å². The summed E-state index contributed by atoms with van der Waals surface area (Å²) in [5.41, 5.74) is 0.970. The van der Waals surface area contributed by atoms with E-state index in [0.717, 1.165) is 61.7 Å². The maximum Gasteiger partial charge on any atom is 0.191 e. The number of hydrogen-bond donors (Lipinski definition) is 1. The van der Waals surface area contributed by atoms with E-state index in [9.17, 15) is 5.11 Å². The predicted molar refractivity (Wildman–Crippen MR) is 90.8 cm³/mol. The van der Waals surface area contributed by atoms with Crippen LogP contribution in [0.1, 0.15) is 6.92 Å². The van der Waals surface area contributed by atoms with Crippen molar-refractivity contribution < 1.29 is 9.84 Å². The minimum absolute atomic E-state index is 0.261. The first-order valence-electron chi connectivity index (χ1n) is 7.93. The maximum atomic E-state index is 9.41. The van der Waals surface area contributed by atoms with Crippen molar-refractivity contribution in [2.45, 2.75) is 18.6 Å². The number of rotatable bonds is 6. The minimum Gasteiger partial charge on any atom is -0.508 e. The second kappa shape index (κ2) is 7.81. The highest BCUT2D eigenvalue weighted by atomic mass is 32.2. The molecule has 2 aromatic rings. The molecule has 6 nitrogen and oxygen atoms in total. The highest BCUT2D eigenvalue weighted by Crippen LogP contribution is 2.25. The van der Waals surface area contributed by atoms with Crippen molar-refractivity contribution in [1.82, 2.24) is 19.7 Å². The molecule has 23 heavy (non-hydrogen) atoms. The van der Waals surface area contributed by atoms with Crippen molar-refractivity contribution in [3.63, 3.8) is 0 Å². The van der Waals surface area contributed by atoms with Gasteiger partial charge in [0.25, 0.3) is 0 Å². The van der Waals surface area contributed by atoms with Crippen LogP contribution in [0.4, 0.5) is 0 Å². The molecule has 124 valence electrons. The van der Waals surface area contributed by atoms with E-state index in [-0.39, 0.29) is 5.75 Å². The number of aromatic nitrogens is 3. The molecule has 0 saturated carbocycles. The smallest absolute Gasteiger partial charge is 0.191 e. The van der Waals surface area contributed by atoms with E-state index in [1.807, 2.05) is 12.1 Å². The molecule has 1 aromatic heterocycles. The summed E-state index contributed by atoms with van der Waals surface area (Å²) in [4.78, 5) is 2.42. The van der Waals surface area contributed by atoms with Gasteiger partial charge in [0.05, 0.1) is 13.2 Å². The number of aromatic hydroxyl groups is 1. The van der Waals surface area contributed by atoms with Crippen LogP contribution >= 0.6 is 11.8 Å². The Morgan fingerprint density at radius 3 is 2.61 bits per heavy atom. The number of ether oxygens (including phenoxy) is 1. The number of benzene rings is 1. The average molecular weight is 334 g/mol. The number of nitrogens with zero attached hydrogens (tertiary/aromatic N) is 4. The van der Waals surface area contributed by atoms with Gasteiger partial charge in [-0.15, -0.1) is 10.2 Å². The molecule has 0 atom stereocenters. The van der Waals surface area contributed by atoms with Crippen LogP contribution in [-0.4, -0.2) is 63.4 Å². The standard InChI is InChI=1S/C16H22N4O2S/c1-2-20-15(13-3-5-14(21)6-4-13)17-18-16(20)23-12-9-19-7-10-22-11-8-19/h3-6,21H,2,7-12H2,1H3. The summed E-state index contributed by atoms with van der Waals surface area (Å²) in [6.45, 7) is 7.66. The molecule has 1 saturated heterocycles. The third kappa shape index (κ3) is 4.04. The number of morpholine rings is 1. The minimum atomic E-state index is 0.261. The summed E-state index contributed by atoms with van der Waals surface area (Å²) in [5.74, 6) is 2.10. The van der Waals surface area contributed by atoms with E-state index in [4.69, 9.17) is 4.74 Å². The summed E-state index contributed by atoms with van der Waals surface area (Å²) in [6, 6.07) is 7.09. The van der Waals surface area contributed by atoms with Gasteiger partial charge >= 0.3 is 0 Å². The zero-order chi connectivity index (χ0) is 16.1. The number of phenols is 1. The van der Waals surface area contributed by atoms with Crippen molar-refractivity contribution >= 4 is 11.8 Å². The summed E-state index contributed by atoms with van der Waals surface area (Å²) in [7, 11) is 0. The Kier molecular flexibility index (Phi) is 5.53. The third-order valence-electron chi connectivity index (χ3n) is 3.90. The summed E-state index contributed by atoms with van der Waals surface area (Å²) >= 11 is 1.74.